The molecular formula is C10H14N2OS. The van der Waals surface area contributed by atoms with Gasteiger partial charge in [-0.15, -0.1) is 11.8 Å². The monoisotopic (exact) mass is 210 g/mol. The molecule has 2 heterocycles. The Morgan fingerprint density at radius 3 is 3.00 bits per heavy atom. The van der Waals surface area contributed by atoms with Gasteiger partial charge in [0.15, 0.2) is 0 Å². The fraction of sp³-hybridized carbons (Fsp3) is 0.600. The average molecular weight is 210 g/mol. The maximum Gasteiger partial charge on any atom is 0.251 e. The Morgan fingerprint density at radius 1 is 1.64 bits per heavy atom. The van der Waals surface area contributed by atoms with E-state index in [1.807, 2.05) is 18.7 Å². The van der Waals surface area contributed by atoms with Crippen molar-refractivity contribution in [2.75, 3.05) is 5.75 Å². The first-order chi connectivity index (χ1) is 6.60. The van der Waals surface area contributed by atoms with Crippen LogP contribution in [0.5, 0.6) is 0 Å². The van der Waals surface area contributed by atoms with Gasteiger partial charge in [-0.25, -0.2) is 4.98 Å². The molecule has 2 rings (SSSR count). The van der Waals surface area contributed by atoms with E-state index in [1.54, 1.807) is 0 Å². The summed E-state index contributed by atoms with van der Waals surface area (Å²) >= 11 is 1.88. The topological polar surface area (TPSA) is 45.8 Å². The molecule has 1 aliphatic heterocycles. The maximum absolute atomic E-state index is 11.3. The Morgan fingerprint density at radius 2 is 2.43 bits per heavy atom. The first-order valence-corrected chi connectivity index (χ1v) is 5.81. The average Bonchev–Trinajstić information content (AvgIpc) is 2.52. The summed E-state index contributed by atoms with van der Waals surface area (Å²) in [5.41, 5.74) is 0.763. The lowest BCUT2D eigenvalue weighted by Crippen LogP contribution is -2.22. The second kappa shape index (κ2) is 3.42. The number of thioether (sulfide) groups is 1. The zero-order valence-corrected chi connectivity index (χ0v) is 9.28. The normalized spacial score (nSPS) is 26.7. The highest BCUT2D eigenvalue weighted by atomic mass is 32.2. The molecule has 0 aromatic carbocycles. The number of nitrogens with zero attached hydrogens (tertiary/aromatic N) is 1. The van der Waals surface area contributed by atoms with Crippen LogP contribution in [0.4, 0.5) is 0 Å². The first kappa shape index (κ1) is 9.77. The quantitative estimate of drug-likeness (QED) is 0.769. The van der Waals surface area contributed by atoms with Crippen molar-refractivity contribution in [3.05, 3.63) is 27.9 Å². The molecule has 1 fully saturated rings. The lowest BCUT2D eigenvalue weighted by Gasteiger charge is -2.21. The minimum Gasteiger partial charge on any atom is -0.309 e. The van der Waals surface area contributed by atoms with Crippen LogP contribution >= 0.6 is 11.8 Å². The molecule has 0 radical (unpaired) electrons. The summed E-state index contributed by atoms with van der Waals surface area (Å²) in [6.07, 6.45) is 2.31. The van der Waals surface area contributed by atoms with Gasteiger partial charge in [-0.1, -0.05) is 0 Å². The largest absolute Gasteiger partial charge is 0.309 e. The highest BCUT2D eigenvalue weighted by molar-refractivity contribution is 8.00. The zero-order valence-electron chi connectivity index (χ0n) is 8.46. The number of hydrogen-bond donors (Lipinski definition) is 1. The number of hydrogen-bond acceptors (Lipinski definition) is 3. The Balaban J connectivity index is 2.45. The molecule has 0 bridgehead atoms. The highest BCUT2D eigenvalue weighted by Crippen LogP contribution is 2.44. The molecule has 1 unspecified atom stereocenters. The van der Waals surface area contributed by atoms with Crippen LogP contribution in [0.2, 0.25) is 0 Å². The van der Waals surface area contributed by atoms with Crippen molar-refractivity contribution in [2.24, 2.45) is 0 Å². The molecule has 14 heavy (non-hydrogen) atoms. The van der Waals surface area contributed by atoms with Gasteiger partial charge in [-0.05, 0) is 32.4 Å². The van der Waals surface area contributed by atoms with Crippen molar-refractivity contribution in [1.82, 2.24) is 9.97 Å². The van der Waals surface area contributed by atoms with Gasteiger partial charge < -0.3 is 4.98 Å². The molecule has 1 aromatic heterocycles. The number of H-pyrrole nitrogens is 1. The maximum atomic E-state index is 11.3. The second-order valence-electron chi connectivity index (χ2n) is 3.92. The third kappa shape index (κ3) is 1.71. The zero-order chi connectivity index (χ0) is 10.2. The molecule has 0 amide bonds. The number of nitrogens with one attached hydrogen (secondary N) is 1. The molecule has 76 valence electrons. The third-order valence-electron chi connectivity index (χ3n) is 2.59. The Kier molecular flexibility index (Phi) is 2.39. The van der Waals surface area contributed by atoms with E-state index in [4.69, 9.17) is 0 Å². The Bertz CT molecular complexity index is 393. The second-order valence-corrected chi connectivity index (χ2v) is 5.52. The van der Waals surface area contributed by atoms with E-state index >= 15 is 0 Å². The van der Waals surface area contributed by atoms with Gasteiger partial charge in [0.2, 0.25) is 0 Å². The third-order valence-corrected chi connectivity index (χ3v) is 4.12. The summed E-state index contributed by atoms with van der Waals surface area (Å²) in [5, 5.41) is 0. The van der Waals surface area contributed by atoms with Crippen LogP contribution in [0.15, 0.2) is 10.9 Å². The summed E-state index contributed by atoms with van der Waals surface area (Å²) in [7, 11) is 0. The molecule has 1 aliphatic rings. The van der Waals surface area contributed by atoms with Crippen LogP contribution in [0.1, 0.15) is 31.3 Å². The van der Waals surface area contributed by atoms with Crippen molar-refractivity contribution >= 4 is 11.8 Å². The van der Waals surface area contributed by atoms with Crippen LogP contribution in [0, 0.1) is 6.92 Å². The van der Waals surface area contributed by atoms with Gasteiger partial charge in [0.25, 0.3) is 5.56 Å². The summed E-state index contributed by atoms with van der Waals surface area (Å²) in [6.45, 7) is 4.02. The van der Waals surface area contributed by atoms with E-state index in [0.717, 1.165) is 23.7 Å². The fourth-order valence-electron chi connectivity index (χ4n) is 1.80. The molecule has 1 N–H and O–H groups in total. The van der Waals surface area contributed by atoms with Gasteiger partial charge in [-0.2, -0.15) is 0 Å². The van der Waals surface area contributed by atoms with Crippen molar-refractivity contribution in [2.45, 2.75) is 31.4 Å². The molecular weight excluding hydrogens is 196 g/mol. The van der Waals surface area contributed by atoms with Crippen LogP contribution in [-0.2, 0) is 4.75 Å². The molecule has 1 atom stereocenters. The number of aromatic amines is 1. The smallest absolute Gasteiger partial charge is 0.251 e. The van der Waals surface area contributed by atoms with Crippen molar-refractivity contribution in [3.8, 4) is 0 Å². The number of aryl methyl sites for hydroxylation is 1. The van der Waals surface area contributed by atoms with Crippen LogP contribution in [-0.4, -0.2) is 15.7 Å². The lowest BCUT2D eigenvalue weighted by atomic mass is 10.0. The van der Waals surface area contributed by atoms with Gasteiger partial charge in [0.1, 0.15) is 5.82 Å². The summed E-state index contributed by atoms with van der Waals surface area (Å²) in [5.74, 6) is 2.00. The predicted octanol–water partition coefficient (Wildman–Crippen LogP) is 1.82. The highest BCUT2D eigenvalue weighted by Gasteiger charge is 2.33. The van der Waals surface area contributed by atoms with Crippen molar-refractivity contribution in [3.63, 3.8) is 0 Å². The van der Waals surface area contributed by atoms with Gasteiger partial charge in [0, 0.05) is 11.8 Å². The lowest BCUT2D eigenvalue weighted by molar-refractivity contribution is 0.599. The minimum atomic E-state index is -0.0405. The Hall–Kier alpha value is -0.770. The predicted molar refractivity (Wildman–Crippen MR) is 58.6 cm³/mol. The van der Waals surface area contributed by atoms with Crippen LogP contribution < -0.4 is 5.56 Å². The molecule has 1 saturated heterocycles. The SMILES string of the molecule is Cc1cc(=O)[nH]c(C2(C)CCCS2)n1. The molecule has 0 aliphatic carbocycles. The molecule has 0 saturated carbocycles. The van der Waals surface area contributed by atoms with E-state index in [9.17, 15) is 4.79 Å². The molecule has 4 heteroatoms. The van der Waals surface area contributed by atoms with Crippen molar-refractivity contribution < 1.29 is 0 Å². The molecule has 3 nitrogen and oxygen atoms in total. The molecule has 0 spiro atoms. The van der Waals surface area contributed by atoms with E-state index in [2.05, 4.69) is 16.9 Å². The standard InChI is InChI=1S/C10H14N2OS/c1-7-6-8(13)12-9(11-7)10(2)4-3-5-14-10/h6H,3-5H2,1-2H3,(H,11,12,13). The summed E-state index contributed by atoms with van der Waals surface area (Å²) < 4.78 is 0.0190. The Labute approximate surface area is 87.3 Å². The van der Waals surface area contributed by atoms with Gasteiger partial charge in [-0.3, -0.25) is 4.79 Å². The first-order valence-electron chi connectivity index (χ1n) is 4.83. The van der Waals surface area contributed by atoms with Gasteiger partial charge >= 0.3 is 0 Å². The van der Waals surface area contributed by atoms with E-state index in [-0.39, 0.29) is 10.3 Å². The van der Waals surface area contributed by atoms with E-state index < -0.39 is 0 Å². The van der Waals surface area contributed by atoms with Crippen LogP contribution in [0.3, 0.4) is 0 Å². The van der Waals surface area contributed by atoms with E-state index in [0.29, 0.717) is 0 Å². The van der Waals surface area contributed by atoms with E-state index in [1.165, 1.54) is 12.5 Å². The molecule has 1 aromatic rings. The van der Waals surface area contributed by atoms with Gasteiger partial charge in [0.05, 0.1) is 4.75 Å². The minimum absolute atomic E-state index is 0.0190. The number of rotatable bonds is 1. The van der Waals surface area contributed by atoms with Crippen LogP contribution in [0.25, 0.3) is 0 Å². The fourth-order valence-corrected chi connectivity index (χ4v) is 3.06. The summed E-state index contributed by atoms with van der Waals surface area (Å²) in [6, 6.07) is 1.53. The number of aromatic nitrogens is 2. The summed E-state index contributed by atoms with van der Waals surface area (Å²) in [4.78, 5) is 18.6. The van der Waals surface area contributed by atoms with Crippen molar-refractivity contribution in [1.29, 1.82) is 0 Å².